The molecule has 1 aromatic heterocycles. The Balaban J connectivity index is 1.28. The van der Waals surface area contributed by atoms with Crippen molar-refractivity contribution in [3.8, 4) is 16.7 Å². The monoisotopic (exact) mass is 461 g/mol. The van der Waals surface area contributed by atoms with Gasteiger partial charge in [-0.2, -0.15) is 0 Å². The van der Waals surface area contributed by atoms with Gasteiger partial charge in [0.15, 0.2) is 0 Å². The van der Waals surface area contributed by atoms with Crippen molar-refractivity contribution >= 4 is 40.8 Å². The van der Waals surface area contributed by atoms with Gasteiger partial charge < -0.3 is 20.1 Å². The molecule has 4 rings (SSSR count). The third-order valence-corrected chi connectivity index (χ3v) is 6.15. The van der Waals surface area contributed by atoms with Crippen LogP contribution < -0.4 is 20.1 Å². The molecule has 7 nitrogen and oxygen atoms in total. The van der Waals surface area contributed by atoms with E-state index in [-0.39, 0.29) is 17.9 Å². The smallest absolute Gasteiger partial charge is 0.279 e. The lowest BCUT2D eigenvalue weighted by molar-refractivity contribution is -0.126. The van der Waals surface area contributed by atoms with E-state index in [1.165, 1.54) is 24.2 Å². The average molecular weight is 462 g/mol. The second-order valence-electron chi connectivity index (χ2n) is 7.79. The Labute approximate surface area is 189 Å². The van der Waals surface area contributed by atoms with Gasteiger partial charge in [-0.3, -0.25) is 9.59 Å². The van der Waals surface area contributed by atoms with Crippen molar-refractivity contribution < 1.29 is 19.1 Å². The van der Waals surface area contributed by atoms with Crippen LogP contribution in [-0.4, -0.2) is 35.5 Å². The van der Waals surface area contributed by atoms with Crippen LogP contribution in [-0.2, 0) is 9.59 Å². The summed E-state index contributed by atoms with van der Waals surface area (Å²) in [6, 6.07) is 4.75. The van der Waals surface area contributed by atoms with E-state index in [2.05, 4.69) is 15.6 Å². The van der Waals surface area contributed by atoms with Gasteiger partial charge in [0.05, 0.1) is 16.5 Å². The number of nitrogens with one attached hydrogen (secondary N) is 2. The maximum Gasteiger partial charge on any atom is 0.279 e. The Morgan fingerprint density at radius 2 is 2.26 bits per heavy atom. The van der Waals surface area contributed by atoms with Crippen LogP contribution in [0.2, 0.25) is 5.02 Å². The maximum absolute atomic E-state index is 12.1. The van der Waals surface area contributed by atoms with Crippen LogP contribution in [0.25, 0.3) is 6.08 Å². The van der Waals surface area contributed by atoms with Crippen molar-refractivity contribution in [3.63, 3.8) is 0 Å². The molecule has 31 heavy (non-hydrogen) atoms. The summed E-state index contributed by atoms with van der Waals surface area (Å²) in [5.74, 6) is 1.68. The first-order chi connectivity index (χ1) is 15.0. The lowest BCUT2D eigenvalue weighted by atomic mass is 10.2. The van der Waals surface area contributed by atoms with E-state index in [0.29, 0.717) is 34.7 Å². The average Bonchev–Trinajstić information content (AvgIpc) is 3.29. The molecule has 0 bridgehead atoms. The number of carbonyl (C=O) groups excluding carboxylic acids is 2. The number of hydrogen-bond donors (Lipinski definition) is 2. The van der Waals surface area contributed by atoms with Gasteiger partial charge in [-0.1, -0.05) is 29.0 Å². The molecule has 9 heteroatoms. The zero-order valence-electron chi connectivity index (χ0n) is 17.1. The van der Waals surface area contributed by atoms with E-state index in [4.69, 9.17) is 21.1 Å². The zero-order chi connectivity index (χ0) is 21.8. The van der Waals surface area contributed by atoms with Crippen molar-refractivity contribution in [2.45, 2.75) is 44.7 Å². The Bertz CT molecular complexity index is 989. The van der Waals surface area contributed by atoms with Gasteiger partial charge in [0.25, 0.3) is 5.19 Å². The summed E-state index contributed by atoms with van der Waals surface area (Å²) in [4.78, 5) is 28.5. The van der Waals surface area contributed by atoms with E-state index in [1.54, 1.807) is 18.3 Å². The fourth-order valence-corrected chi connectivity index (χ4v) is 3.96. The highest BCUT2D eigenvalue weighted by molar-refractivity contribution is 7.14. The van der Waals surface area contributed by atoms with Crippen LogP contribution >= 0.6 is 22.9 Å². The van der Waals surface area contributed by atoms with Gasteiger partial charge in [-0.25, -0.2) is 4.98 Å². The minimum absolute atomic E-state index is 0.0824. The second-order valence-corrected chi connectivity index (χ2v) is 9.22. The van der Waals surface area contributed by atoms with Crippen LogP contribution in [0.15, 0.2) is 30.5 Å². The first-order valence-electron chi connectivity index (χ1n) is 10.3. The summed E-state index contributed by atoms with van der Waals surface area (Å²) in [6.07, 6.45) is 8.84. The van der Waals surface area contributed by atoms with Crippen LogP contribution in [0, 0.1) is 5.92 Å². The first kappa shape index (κ1) is 21.6. The maximum atomic E-state index is 12.1. The zero-order valence-corrected chi connectivity index (χ0v) is 18.7. The molecular weight excluding hydrogens is 438 g/mol. The number of halogens is 1. The molecule has 0 spiro atoms. The Hall–Kier alpha value is -2.58. The molecule has 2 fully saturated rings. The number of thiazole rings is 1. The van der Waals surface area contributed by atoms with Crippen LogP contribution in [0.1, 0.15) is 37.5 Å². The summed E-state index contributed by atoms with van der Waals surface area (Å²) in [6.45, 7) is 2.60. The summed E-state index contributed by atoms with van der Waals surface area (Å²) >= 11 is 7.69. The van der Waals surface area contributed by atoms with Crippen LogP contribution in [0.4, 0.5) is 0 Å². The normalized spacial score (nSPS) is 19.3. The van der Waals surface area contributed by atoms with Crippen molar-refractivity contribution in [2.75, 3.05) is 6.61 Å². The van der Waals surface area contributed by atoms with E-state index >= 15 is 0 Å². The molecule has 2 N–H and O–H groups in total. The molecular formula is C22H24ClN3O4S. The number of carbonyl (C=O) groups is 2. The Morgan fingerprint density at radius 3 is 2.97 bits per heavy atom. The number of benzene rings is 1. The van der Waals surface area contributed by atoms with Crippen molar-refractivity contribution in [1.29, 1.82) is 0 Å². The number of ether oxygens (including phenoxy) is 2. The molecule has 0 unspecified atom stereocenters. The lowest BCUT2D eigenvalue weighted by Crippen LogP contribution is -2.44. The number of nitrogens with zero attached hydrogens (tertiary/aromatic N) is 1. The predicted molar refractivity (Wildman–Crippen MR) is 120 cm³/mol. The van der Waals surface area contributed by atoms with Gasteiger partial charge in [-0.05, 0) is 50.3 Å². The summed E-state index contributed by atoms with van der Waals surface area (Å²) in [7, 11) is 0. The molecule has 1 aromatic carbocycles. The summed E-state index contributed by atoms with van der Waals surface area (Å²) in [5, 5.41) is 6.48. The fraction of sp³-hybridized carbons (Fsp3) is 0.409. The highest BCUT2D eigenvalue weighted by Gasteiger charge is 2.27. The van der Waals surface area contributed by atoms with Gasteiger partial charge in [0.1, 0.15) is 17.5 Å². The molecule has 2 amide bonds. The predicted octanol–water partition coefficient (Wildman–Crippen LogP) is 4.17. The molecule has 2 heterocycles. The van der Waals surface area contributed by atoms with E-state index in [9.17, 15) is 9.59 Å². The molecule has 1 saturated heterocycles. The number of hydrogen-bond acceptors (Lipinski definition) is 6. The van der Waals surface area contributed by atoms with Crippen molar-refractivity contribution in [3.05, 3.63) is 40.4 Å². The van der Waals surface area contributed by atoms with Gasteiger partial charge in [-0.15, -0.1) is 0 Å². The van der Waals surface area contributed by atoms with Gasteiger partial charge >= 0.3 is 0 Å². The van der Waals surface area contributed by atoms with Gasteiger partial charge in [0.2, 0.25) is 11.8 Å². The lowest BCUT2D eigenvalue weighted by Gasteiger charge is -2.14. The second kappa shape index (κ2) is 9.70. The topological polar surface area (TPSA) is 89.6 Å². The number of rotatable bonds is 9. The standard InChI is InChI=1S/C22H24ClN3O4S/c1-13(25-21(28)18-7-9-20(27)26-18)2-6-16-11-24-22(31-16)30-19-8-5-15(10-17(19)23)29-12-14-3-4-14/h2,5-6,8,10-11,13-14,18H,3-4,7,9,12H2,1H3,(H,25,28)(H,26,27)/b6-2+/t13-,18-/m0/s1. The summed E-state index contributed by atoms with van der Waals surface area (Å²) < 4.78 is 11.5. The molecule has 2 aliphatic rings. The largest absolute Gasteiger partial charge is 0.493 e. The third kappa shape index (κ3) is 6.21. The van der Waals surface area contributed by atoms with E-state index in [1.807, 2.05) is 25.1 Å². The first-order valence-corrected chi connectivity index (χ1v) is 11.5. The minimum atomic E-state index is -0.443. The van der Waals surface area contributed by atoms with Crippen LogP contribution in [0.5, 0.6) is 16.7 Å². The SMILES string of the molecule is C[C@@H](/C=C/c1cnc(Oc2ccc(OCC3CC3)cc2Cl)s1)NC(=O)[C@@H]1CCC(=O)N1. The highest BCUT2D eigenvalue weighted by atomic mass is 35.5. The van der Waals surface area contributed by atoms with E-state index < -0.39 is 6.04 Å². The third-order valence-electron chi connectivity index (χ3n) is 5.02. The minimum Gasteiger partial charge on any atom is -0.493 e. The number of amides is 2. The molecule has 164 valence electrons. The highest BCUT2D eigenvalue weighted by Crippen LogP contribution is 2.35. The quantitative estimate of drug-likeness (QED) is 0.584. The van der Waals surface area contributed by atoms with E-state index in [0.717, 1.165) is 17.2 Å². The molecule has 2 atom stereocenters. The molecule has 1 saturated carbocycles. The Morgan fingerprint density at radius 1 is 1.42 bits per heavy atom. The van der Waals surface area contributed by atoms with Crippen molar-refractivity contribution in [1.82, 2.24) is 15.6 Å². The molecule has 1 aliphatic carbocycles. The van der Waals surface area contributed by atoms with Crippen LogP contribution in [0.3, 0.4) is 0 Å². The number of aromatic nitrogens is 1. The molecule has 1 aliphatic heterocycles. The fourth-order valence-electron chi connectivity index (χ4n) is 3.06. The molecule has 0 radical (unpaired) electrons. The van der Waals surface area contributed by atoms with Crippen molar-refractivity contribution in [2.24, 2.45) is 5.92 Å². The summed E-state index contributed by atoms with van der Waals surface area (Å²) in [5.41, 5.74) is 0. The Kier molecular flexibility index (Phi) is 6.77. The van der Waals surface area contributed by atoms with Gasteiger partial charge in [0, 0.05) is 24.7 Å². The molecule has 2 aromatic rings.